The van der Waals surface area contributed by atoms with Crippen molar-refractivity contribution in [1.82, 2.24) is 0 Å². The molecule has 0 spiro atoms. The molecule has 0 heterocycles. The predicted octanol–water partition coefficient (Wildman–Crippen LogP) is 5.25. The molecule has 3 nitrogen and oxygen atoms in total. The van der Waals surface area contributed by atoms with Crippen molar-refractivity contribution in [3.05, 3.63) is 41.5 Å². The van der Waals surface area contributed by atoms with Crippen LogP contribution in [0.1, 0.15) is 58.4 Å². The molecule has 25 heavy (non-hydrogen) atoms. The molecule has 3 rings (SSSR count). The zero-order chi connectivity index (χ0) is 18.2. The monoisotopic (exact) mass is 362 g/mol. The SMILES string of the molecule is CC1=CCCC(OS(=O)(=O)c2ccc(C)cc2)C2CC(C)(C)C2CC1. The third kappa shape index (κ3) is 4.01. The molecule has 1 fully saturated rings. The molecule has 138 valence electrons. The van der Waals surface area contributed by atoms with Gasteiger partial charge in [0.1, 0.15) is 0 Å². The van der Waals surface area contributed by atoms with Gasteiger partial charge >= 0.3 is 0 Å². The molecule has 3 unspecified atom stereocenters. The van der Waals surface area contributed by atoms with E-state index in [2.05, 4.69) is 26.8 Å². The number of allylic oxidation sites excluding steroid dienone is 2. The zero-order valence-corrected chi connectivity index (χ0v) is 16.6. The third-order valence-corrected chi connectivity index (χ3v) is 7.46. The van der Waals surface area contributed by atoms with Crippen molar-refractivity contribution >= 4 is 10.1 Å². The second-order valence-electron chi connectivity index (χ2n) is 8.53. The van der Waals surface area contributed by atoms with E-state index >= 15 is 0 Å². The van der Waals surface area contributed by atoms with E-state index in [4.69, 9.17) is 4.18 Å². The van der Waals surface area contributed by atoms with Gasteiger partial charge in [0.15, 0.2) is 0 Å². The van der Waals surface area contributed by atoms with Crippen molar-refractivity contribution in [3.8, 4) is 0 Å². The Morgan fingerprint density at radius 1 is 1.08 bits per heavy atom. The van der Waals surface area contributed by atoms with Crippen LogP contribution < -0.4 is 0 Å². The Bertz CT molecular complexity index is 744. The van der Waals surface area contributed by atoms with E-state index in [9.17, 15) is 8.42 Å². The van der Waals surface area contributed by atoms with Gasteiger partial charge in [0.25, 0.3) is 10.1 Å². The minimum atomic E-state index is -3.71. The van der Waals surface area contributed by atoms with Gasteiger partial charge in [-0.25, -0.2) is 0 Å². The summed E-state index contributed by atoms with van der Waals surface area (Å²) in [6.07, 6.45) is 7.00. The Hall–Kier alpha value is -1.13. The fourth-order valence-electron chi connectivity index (χ4n) is 4.55. The molecule has 1 saturated carbocycles. The zero-order valence-electron chi connectivity index (χ0n) is 15.8. The fourth-order valence-corrected chi connectivity index (χ4v) is 5.70. The van der Waals surface area contributed by atoms with Crippen LogP contribution in [-0.4, -0.2) is 14.5 Å². The smallest absolute Gasteiger partial charge is 0.263 e. The van der Waals surface area contributed by atoms with Gasteiger partial charge in [0.2, 0.25) is 0 Å². The van der Waals surface area contributed by atoms with Gasteiger partial charge in [-0.1, -0.05) is 43.2 Å². The van der Waals surface area contributed by atoms with Crippen molar-refractivity contribution in [2.24, 2.45) is 17.3 Å². The molecule has 0 amide bonds. The maximum Gasteiger partial charge on any atom is 0.297 e. The van der Waals surface area contributed by atoms with E-state index in [1.807, 2.05) is 19.1 Å². The van der Waals surface area contributed by atoms with Crippen LogP contribution in [0.2, 0.25) is 0 Å². The average molecular weight is 363 g/mol. The summed E-state index contributed by atoms with van der Waals surface area (Å²) >= 11 is 0. The predicted molar refractivity (Wildman–Crippen MR) is 101 cm³/mol. The van der Waals surface area contributed by atoms with E-state index in [-0.39, 0.29) is 16.4 Å². The number of rotatable bonds is 3. The molecule has 0 saturated heterocycles. The van der Waals surface area contributed by atoms with Crippen LogP contribution in [-0.2, 0) is 14.3 Å². The highest BCUT2D eigenvalue weighted by atomic mass is 32.2. The molecule has 0 aromatic heterocycles. The van der Waals surface area contributed by atoms with Crippen molar-refractivity contribution in [2.75, 3.05) is 0 Å². The molecule has 0 radical (unpaired) electrons. The molecule has 1 aromatic carbocycles. The number of hydrogen-bond acceptors (Lipinski definition) is 3. The number of fused-ring (bicyclic) bond motifs is 1. The third-order valence-electron chi connectivity index (χ3n) is 6.11. The quantitative estimate of drug-likeness (QED) is 0.545. The molecule has 4 heteroatoms. The van der Waals surface area contributed by atoms with Gasteiger partial charge in [0.05, 0.1) is 11.0 Å². The first-order valence-electron chi connectivity index (χ1n) is 9.35. The van der Waals surface area contributed by atoms with E-state index in [1.54, 1.807) is 12.1 Å². The molecule has 2 aliphatic carbocycles. The topological polar surface area (TPSA) is 43.4 Å². The summed E-state index contributed by atoms with van der Waals surface area (Å²) in [7, 11) is -3.71. The maximum absolute atomic E-state index is 12.8. The van der Waals surface area contributed by atoms with Crippen LogP contribution >= 0.6 is 0 Å². The normalized spacial score (nSPS) is 29.4. The summed E-state index contributed by atoms with van der Waals surface area (Å²) < 4.78 is 31.3. The van der Waals surface area contributed by atoms with Crippen LogP contribution in [0.3, 0.4) is 0 Å². The lowest BCUT2D eigenvalue weighted by Gasteiger charge is -2.54. The first kappa shape index (κ1) is 18.7. The maximum atomic E-state index is 12.8. The second kappa shape index (κ2) is 6.88. The Morgan fingerprint density at radius 2 is 1.76 bits per heavy atom. The van der Waals surface area contributed by atoms with Gasteiger partial charge in [0, 0.05) is 0 Å². The molecule has 1 aromatic rings. The summed E-state index contributed by atoms with van der Waals surface area (Å²) in [6.45, 7) is 8.74. The Kier molecular flexibility index (Phi) is 5.13. The van der Waals surface area contributed by atoms with Gasteiger partial charge in [-0.15, -0.1) is 0 Å². The molecule has 0 aliphatic heterocycles. The summed E-state index contributed by atoms with van der Waals surface area (Å²) in [4.78, 5) is 0.264. The van der Waals surface area contributed by atoms with Gasteiger partial charge in [-0.3, -0.25) is 4.18 Å². The highest BCUT2D eigenvalue weighted by Gasteiger charge is 2.51. The Balaban J connectivity index is 1.82. The second-order valence-corrected chi connectivity index (χ2v) is 10.1. The van der Waals surface area contributed by atoms with E-state index in [0.29, 0.717) is 11.8 Å². The Morgan fingerprint density at radius 3 is 2.40 bits per heavy atom. The van der Waals surface area contributed by atoms with Crippen LogP contribution in [0.5, 0.6) is 0 Å². The molecule has 0 N–H and O–H groups in total. The van der Waals surface area contributed by atoms with Crippen molar-refractivity contribution in [1.29, 1.82) is 0 Å². The van der Waals surface area contributed by atoms with Crippen LogP contribution in [0.25, 0.3) is 0 Å². The Labute approximate surface area is 152 Å². The number of aryl methyl sites for hydroxylation is 1. The molecule has 3 atom stereocenters. The molecular formula is C21H30O3S. The van der Waals surface area contributed by atoms with Gasteiger partial charge < -0.3 is 0 Å². The minimum absolute atomic E-state index is 0.216. The van der Waals surface area contributed by atoms with Crippen molar-refractivity contribution < 1.29 is 12.6 Å². The minimum Gasteiger partial charge on any atom is -0.263 e. The van der Waals surface area contributed by atoms with Crippen molar-refractivity contribution in [3.63, 3.8) is 0 Å². The van der Waals surface area contributed by atoms with Crippen LogP contribution in [0.15, 0.2) is 40.8 Å². The summed E-state index contributed by atoms with van der Waals surface area (Å²) in [5.74, 6) is 0.877. The number of hydrogen-bond donors (Lipinski definition) is 0. The standard InChI is InChI=1S/C21H30O3S/c1-15-6-5-7-20(18-14-21(3,4)19(18)13-10-15)24-25(22,23)17-11-8-16(2)9-12-17/h6,8-9,11-12,18-20H,5,7,10,13-14H2,1-4H3. The van der Waals surface area contributed by atoms with E-state index in [0.717, 1.165) is 37.7 Å². The largest absolute Gasteiger partial charge is 0.297 e. The summed E-state index contributed by atoms with van der Waals surface area (Å²) in [5, 5.41) is 0. The molecular weight excluding hydrogens is 332 g/mol. The lowest BCUT2D eigenvalue weighted by Crippen LogP contribution is -2.50. The van der Waals surface area contributed by atoms with Crippen LogP contribution in [0.4, 0.5) is 0 Å². The average Bonchev–Trinajstić information content (AvgIpc) is 2.57. The van der Waals surface area contributed by atoms with Gasteiger partial charge in [-0.05, 0) is 75.3 Å². The number of benzene rings is 1. The highest BCUT2D eigenvalue weighted by Crippen LogP contribution is 2.56. The van der Waals surface area contributed by atoms with E-state index in [1.165, 1.54) is 5.57 Å². The summed E-state index contributed by atoms with van der Waals surface area (Å²) in [6, 6.07) is 6.93. The lowest BCUT2D eigenvalue weighted by atomic mass is 9.52. The van der Waals surface area contributed by atoms with Crippen LogP contribution in [0, 0.1) is 24.2 Å². The fraction of sp³-hybridized carbons (Fsp3) is 0.619. The molecule has 0 bridgehead atoms. The highest BCUT2D eigenvalue weighted by molar-refractivity contribution is 7.86. The van der Waals surface area contributed by atoms with Gasteiger partial charge in [-0.2, -0.15) is 8.42 Å². The first-order chi connectivity index (χ1) is 11.7. The first-order valence-corrected chi connectivity index (χ1v) is 10.8. The van der Waals surface area contributed by atoms with Crippen molar-refractivity contribution in [2.45, 2.75) is 70.8 Å². The molecule has 2 aliphatic rings. The summed E-state index contributed by atoms with van der Waals surface area (Å²) in [5.41, 5.74) is 2.75. The van der Waals surface area contributed by atoms with E-state index < -0.39 is 10.1 Å². The lowest BCUT2D eigenvalue weighted by molar-refractivity contribution is -0.0777.